The zero-order valence-electron chi connectivity index (χ0n) is 7.10. The number of hydrogen-bond acceptors (Lipinski definition) is 4. The summed E-state index contributed by atoms with van der Waals surface area (Å²) in [4.78, 5) is 3.80. The summed E-state index contributed by atoms with van der Waals surface area (Å²) in [5.41, 5.74) is 0.335. The number of aliphatic hydroxyl groups excluding tert-OH is 1. The van der Waals surface area contributed by atoms with Crippen molar-refractivity contribution in [3.63, 3.8) is 0 Å². The third kappa shape index (κ3) is 3.09. The van der Waals surface area contributed by atoms with Crippen LogP contribution in [-0.4, -0.2) is 23.3 Å². The number of rotatable bonds is 4. The predicted molar refractivity (Wildman–Crippen MR) is 46.1 cm³/mol. The molecule has 0 spiro atoms. The monoisotopic (exact) mass is 178 g/mol. The fourth-order valence-corrected chi connectivity index (χ4v) is 0.817. The van der Waals surface area contributed by atoms with Gasteiger partial charge >= 0.3 is 0 Å². The van der Waals surface area contributed by atoms with E-state index in [1.54, 1.807) is 12.1 Å². The average molecular weight is 178 g/mol. The Morgan fingerprint density at radius 1 is 1.62 bits per heavy atom. The van der Waals surface area contributed by atoms with E-state index in [-0.39, 0.29) is 6.61 Å². The molecular formula is C9H10N2O2. The first-order valence-electron chi connectivity index (χ1n) is 3.96. The fraction of sp³-hybridized carbons (Fsp3) is 0.333. The van der Waals surface area contributed by atoms with Gasteiger partial charge < -0.3 is 9.84 Å². The lowest BCUT2D eigenvalue weighted by Crippen LogP contribution is -1.99. The van der Waals surface area contributed by atoms with E-state index < -0.39 is 0 Å². The number of nitriles is 1. The molecule has 68 valence electrons. The molecule has 0 saturated carbocycles. The molecule has 1 N–H and O–H groups in total. The predicted octanol–water partition coefficient (Wildman–Crippen LogP) is 0.714. The molecule has 0 aromatic carbocycles. The maximum absolute atomic E-state index is 8.53. The van der Waals surface area contributed by atoms with Crippen molar-refractivity contribution in [2.45, 2.75) is 6.42 Å². The Morgan fingerprint density at radius 3 is 3.15 bits per heavy atom. The Bertz CT molecular complexity index is 307. The number of nitrogens with zero attached hydrogens (tertiary/aromatic N) is 2. The fourth-order valence-electron chi connectivity index (χ4n) is 0.817. The van der Waals surface area contributed by atoms with E-state index in [0.29, 0.717) is 24.5 Å². The molecule has 0 aliphatic carbocycles. The summed E-state index contributed by atoms with van der Waals surface area (Å²) >= 11 is 0. The second-order valence-electron chi connectivity index (χ2n) is 2.41. The average Bonchev–Trinajstić information content (AvgIpc) is 2.19. The SMILES string of the molecule is N#Cc1cc(OCCCO)ccn1. The Balaban J connectivity index is 2.52. The first-order valence-corrected chi connectivity index (χ1v) is 3.96. The van der Waals surface area contributed by atoms with E-state index >= 15 is 0 Å². The lowest BCUT2D eigenvalue weighted by Gasteiger charge is -2.03. The molecule has 0 atom stereocenters. The quantitative estimate of drug-likeness (QED) is 0.690. The lowest BCUT2D eigenvalue weighted by atomic mass is 10.3. The van der Waals surface area contributed by atoms with E-state index in [2.05, 4.69) is 4.98 Å². The van der Waals surface area contributed by atoms with Crippen molar-refractivity contribution in [3.8, 4) is 11.8 Å². The smallest absolute Gasteiger partial charge is 0.144 e. The summed E-state index contributed by atoms with van der Waals surface area (Å²) in [6.45, 7) is 0.557. The molecule has 0 aliphatic heterocycles. The lowest BCUT2D eigenvalue weighted by molar-refractivity contribution is 0.233. The minimum absolute atomic E-state index is 0.107. The molecule has 1 aromatic heterocycles. The van der Waals surface area contributed by atoms with E-state index in [9.17, 15) is 0 Å². The molecule has 1 rings (SSSR count). The molecule has 13 heavy (non-hydrogen) atoms. The Hall–Kier alpha value is -1.60. The molecule has 0 aliphatic rings. The van der Waals surface area contributed by atoms with Crippen LogP contribution in [0.1, 0.15) is 12.1 Å². The van der Waals surface area contributed by atoms with Crippen LogP contribution in [0, 0.1) is 11.3 Å². The van der Waals surface area contributed by atoms with Gasteiger partial charge in [-0.05, 0) is 6.07 Å². The standard InChI is InChI=1S/C9H10N2O2/c10-7-8-6-9(2-3-11-8)13-5-1-4-12/h2-3,6,12H,1,4-5H2. The Kier molecular flexibility index (Phi) is 3.74. The van der Waals surface area contributed by atoms with Crippen molar-refractivity contribution >= 4 is 0 Å². The van der Waals surface area contributed by atoms with Crippen LogP contribution in [-0.2, 0) is 0 Å². The Morgan fingerprint density at radius 2 is 2.46 bits per heavy atom. The van der Waals surface area contributed by atoms with Crippen molar-refractivity contribution in [3.05, 3.63) is 24.0 Å². The molecule has 0 fully saturated rings. The zero-order valence-corrected chi connectivity index (χ0v) is 7.10. The van der Waals surface area contributed by atoms with E-state index in [1.165, 1.54) is 6.20 Å². The van der Waals surface area contributed by atoms with Gasteiger partial charge in [0.1, 0.15) is 17.5 Å². The largest absolute Gasteiger partial charge is 0.493 e. The molecule has 4 nitrogen and oxygen atoms in total. The summed E-state index contributed by atoms with van der Waals surface area (Å²) in [6.07, 6.45) is 2.11. The zero-order chi connectivity index (χ0) is 9.52. The third-order valence-corrected chi connectivity index (χ3v) is 1.42. The number of aromatic nitrogens is 1. The highest BCUT2D eigenvalue weighted by Gasteiger charge is 1.95. The summed E-state index contributed by atoms with van der Waals surface area (Å²) in [7, 11) is 0. The van der Waals surface area contributed by atoms with Crippen LogP contribution in [0.15, 0.2) is 18.3 Å². The van der Waals surface area contributed by atoms with Crippen molar-refractivity contribution in [2.24, 2.45) is 0 Å². The van der Waals surface area contributed by atoms with Crippen LogP contribution >= 0.6 is 0 Å². The second kappa shape index (κ2) is 5.12. The number of hydrogen-bond donors (Lipinski definition) is 1. The minimum Gasteiger partial charge on any atom is -0.493 e. The first kappa shape index (κ1) is 9.49. The van der Waals surface area contributed by atoms with Gasteiger partial charge in [-0.15, -0.1) is 0 Å². The Labute approximate surface area is 76.4 Å². The van der Waals surface area contributed by atoms with Crippen LogP contribution in [0.4, 0.5) is 0 Å². The molecule has 0 saturated heterocycles. The van der Waals surface area contributed by atoms with Gasteiger partial charge in [0, 0.05) is 25.3 Å². The van der Waals surface area contributed by atoms with Crippen LogP contribution in [0.25, 0.3) is 0 Å². The van der Waals surface area contributed by atoms with E-state index in [0.717, 1.165) is 0 Å². The molecule has 0 amide bonds. The molecule has 1 heterocycles. The highest BCUT2D eigenvalue weighted by molar-refractivity contribution is 5.29. The molecule has 1 aromatic rings. The second-order valence-corrected chi connectivity index (χ2v) is 2.41. The summed E-state index contributed by atoms with van der Waals surface area (Å²) in [6, 6.07) is 5.16. The molecule has 0 radical (unpaired) electrons. The maximum atomic E-state index is 8.53. The highest BCUT2D eigenvalue weighted by atomic mass is 16.5. The van der Waals surface area contributed by atoms with Crippen LogP contribution in [0.3, 0.4) is 0 Å². The number of pyridine rings is 1. The number of ether oxygens (including phenoxy) is 1. The molecule has 0 unspecified atom stereocenters. The third-order valence-electron chi connectivity index (χ3n) is 1.42. The molecule has 4 heteroatoms. The van der Waals surface area contributed by atoms with Gasteiger partial charge in [0.05, 0.1) is 6.61 Å². The highest BCUT2D eigenvalue weighted by Crippen LogP contribution is 2.10. The van der Waals surface area contributed by atoms with Crippen molar-refractivity contribution in [2.75, 3.05) is 13.2 Å². The first-order chi connectivity index (χ1) is 6.36. The van der Waals surface area contributed by atoms with Gasteiger partial charge in [-0.25, -0.2) is 4.98 Å². The van der Waals surface area contributed by atoms with Crippen LogP contribution < -0.4 is 4.74 Å². The maximum Gasteiger partial charge on any atom is 0.144 e. The summed E-state index contributed by atoms with van der Waals surface area (Å²) < 4.78 is 5.24. The minimum atomic E-state index is 0.107. The van der Waals surface area contributed by atoms with Crippen molar-refractivity contribution in [1.29, 1.82) is 5.26 Å². The van der Waals surface area contributed by atoms with E-state index in [4.69, 9.17) is 15.1 Å². The van der Waals surface area contributed by atoms with Gasteiger partial charge in [0.15, 0.2) is 0 Å². The van der Waals surface area contributed by atoms with Crippen LogP contribution in [0.2, 0.25) is 0 Å². The van der Waals surface area contributed by atoms with Crippen molar-refractivity contribution < 1.29 is 9.84 Å². The van der Waals surface area contributed by atoms with Crippen molar-refractivity contribution in [1.82, 2.24) is 4.98 Å². The van der Waals surface area contributed by atoms with Gasteiger partial charge in [0.25, 0.3) is 0 Å². The van der Waals surface area contributed by atoms with Gasteiger partial charge in [0.2, 0.25) is 0 Å². The summed E-state index contributed by atoms with van der Waals surface area (Å²) in [5.74, 6) is 0.611. The van der Waals surface area contributed by atoms with Gasteiger partial charge in [-0.3, -0.25) is 0 Å². The van der Waals surface area contributed by atoms with Crippen LogP contribution in [0.5, 0.6) is 5.75 Å². The van der Waals surface area contributed by atoms with Gasteiger partial charge in [-0.2, -0.15) is 5.26 Å². The van der Waals surface area contributed by atoms with E-state index in [1.807, 2.05) is 6.07 Å². The topological polar surface area (TPSA) is 66.1 Å². The molecular weight excluding hydrogens is 168 g/mol. The number of aliphatic hydroxyl groups is 1. The summed E-state index contributed by atoms with van der Waals surface area (Å²) in [5, 5.41) is 17.0. The van der Waals surface area contributed by atoms with Gasteiger partial charge in [-0.1, -0.05) is 0 Å². The normalized spacial score (nSPS) is 9.23. The molecule has 0 bridgehead atoms.